The van der Waals surface area contributed by atoms with Gasteiger partial charge >= 0.3 is 5.97 Å². The van der Waals surface area contributed by atoms with Crippen LogP contribution in [0.15, 0.2) is 33.6 Å². The van der Waals surface area contributed by atoms with Gasteiger partial charge in [0, 0.05) is 6.04 Å². The van der Waals surface area contributed by atoms with E-state index >= 15 is 0 Å². The summed E-state index contributed by atoms with van der Waals surface area (Å²) in [6.45, 7) is 3.88. The molecule has 0 aliphatic carbocycles. The number of esters is 1. The lowest BCUT2D eigenvalue weighted by atomic mass is 10.1. The Morgan fingerprint density at radius 1 is 1.52 bits per heavy atom. The van der Waals surface area contributed by atoms with Gasteiger partial charge in [0.2, 0.25) is 0 Å². The van der Waals surface area contributed by atoms with E-state index in [9.17, 15) is 4.79 Å². The zero-order valence-corrected chi connectivity index (χ0v) is 12.9. The van der Waals surface area contributed by atoms with Crippen LogP contribution in [0.1, 0.15) is 47.5 Å². The maximum absolute atomic E-state index is 11.9. The summed E-state index contributed by atoms with van der Waals surface area (Å²) in [6.07, 6.45) is 3.90. The molecule has 5 heteroatoms. The van der Waals surface area contributed by atoms with Gasteiger partial charge in [-0.2, -0.15) is 11.3 Å². The molecular formula is C16H19NO3S. The van der Waals surface area contributed by atoms with E-state index in [1.165, 1.54) is 12.0 Å². The number of thiophene rings is 1. The second-order valence-corrected chi connectivity index (χ2v) is 5.94. The summed E-state index contributed by atoms with van der Waals surface area (Å²) >= 11 is 1.73. The van der Waals surface area contributed by atoms with Crippen molar-refractivity contribution in [3.05, 3.63) is 46.0 Å². The highest BCUT2D eigenvalue weighted by Crippen LogP contribution is 2.34. The lowest BCUT2D eigenvalue weighted by molar-refractivity contribution is 0.0521. The van der Waals surface area contributed by atoms with Crippen molar-refractivity contribution in [2.45, 2.75) is 32.4 Å². The molecule has 0 saturated carbocycles. The summed E-state index contributed by atoms with van der Waals surface area (Å²) < 4.78 is 10.6. The maximum Gasteiger partial charge on any atom is 0.341 e. The number of carbonyl (C=O) groups excluding carboxylic acids is 1. The Morgan fingerprint density at radius 3 is 3.19 bits per heavy atom. The Hall–Kier alpha value is -1.59. The van der Waals surface area contributed by atoms with E-state index in [-0.39, 0.29) is 5.97 Å². The van der Waals surface area contributed by atoms with Crippen molar-refractivity contribution in [1.29, 1.82) is 0 Å². The van der Waals surface area contributed by atoms with Crippen molar-refractivity contribution in [3.8, 4) is 0 Å². The molecule has 112 valence electrons. The van der Waals surface area contributed by atoms with Gasteiger partial charge in [0.05, 0.1) is 19.4 Å². The van der Waals surface area contributed by atoms with Crippen molar-refractivity contribution in [2.75, 3.05) is 13.2 Å². The van der Waals surface area contributed by atoms with E-state index in [0.29, 0.717) is 30.5 Å². The van der Waals surface area contributed by atoms with Crippen LogP contribution in [0, 0.1) is 0 Å². The number of carbonyl (C=O) groups is 1. The summed E-state index contributed by atoms with van der Waals surface area (Å²) in [7, 11) is 0. The Labute approximate surface area is 128 Å². The minimum absolute atomic E-state index is 0.299. The molecule has 1 atom stereocenters. The Balaban J connectivity index is 1.74. The summed E-state index contributed by atoms with van der Waals surface area (Å²) in [4.78, 5) is 14.3. The highest BCUT2D eigenvalue weighted by molar-refractivity contribution is 7.07. The fourth-order valence-corrected chi connectivity index (χ4v) is 3.60. The summed E-state index contributed by atoms with van der Waals surface area (Å²) in [6, 6.07) is 4.31. The van der Waals surface area contributed by atoms with E-state index in [1.807, 2.05) is 6.92 Å². The molecule has 0 N–H and O–H groups in total. The van der Waals surface area contributed by atoms with E-state index in [2.05, 4.69) is 21.7 Å². The molecule has 2 aromatic rings. The van der Waals surface area contributed by atoms with Crippen LogP contribution in [-0.4, -0.2) is 24.0 Å². The van der Waals surface area contributed by atoms with Gasteiger partial charge in [-0.25, -0.2) is 4.79 Å². The van der Waals surface area contributed by atoms with Crippen LogP contribution < -0.4 is 0 Å². The molecule has 1 unspecified atom stereocenters. The van der Waals surface area contributed by atoms with Crippen molar-refractivity contribution in [1.82, 2.24) is 4.90 Å². The van der Waals surface area contributed by atoms with Crippen molar-refractivity contribution in [3.63, 3.8) is 0 Å². The first kappa shape index (κ1) is 14.4. The predicted octanol–water partition coefficient (Wildman–Crippen LogP) is 3.85. The first-order valence-electron chi connectivity index (χ1n) is 7.29. The topological polar surface area (TPSA) is 42.7 Å². The van der Waals surface area contributed by atoms with E-state index in [0.717, 1.165) is 13.0 Å². The third-order valence-corrected chi connectivity index (χ3v) is 4.58. The van der Waals surface area contributed by atoms with E-state index in [1.54, 1.807) is 23.7 Å². The van der Waals surface area contributed by atoms with Gasteiger partial charge in [-0.15, -0.1) is 0 Å². The van der Waals surface area contributed by atoms with Crippen molar-refractivity contribution < 1.29 is 13.9 Å². The van der Waals surface area contributed by atoms with Gasteiger partial charge in [-0.3, -0.25) is 4.90 Å². The summed E-state index contributed by atoms with van der Waals surface area (Å²) in [5.41, 5.74) is 1.91. The Kier molecular flexibility index (Phi) is 4.41. The molecule has 4 nitrogen and oxygen atoms in total. The number of likely N-dealkylation sites (tertiary alicyclic amines) is 1. The van der Waals surface area contributed by atoms with Crippen LogP contribution in [0.2, 0.25) is 0 Å². The third kappa shape index (κ3) is 3.04. The lowest BCUT2D eigenvalue weighted by Crippen LogP contribution is -2.23. The Bertz CT molecular complexity index is 590. The minimum atomic E-state index is -0.299. The molecule has 0 amide bonds. The SMILES string of the molecule is CCOC(=O)c1ccoc1CN1CCCC1c1ccsc1. The number of furan rings is 1. The van der Waals surface area contributed by atoms with Crippen molar-refractivity contribution in [2.24, 2.45) is 0 Å². The van der Waals surface area contributed by atoms with Gasteiger partial charge in [-0.05, 0) is 54.8 Å². The fourth-order valence-electron chi connectivity index (χ4n) is 2.90. The highest BCUT2D eigenvalue weighted by atomic mass is 32.1. The first-order valence-corrected chi connectivity index (χ1v) is 8.23. The summed E-state index contributed by atoms with van der Waals surface area (Å²) in [5.74, 6) is 0.406. The maximum atomic E-state index is 11.9. The second kappa shape index (κ2) is 6.45. The molecule has 1 fully saturated rings. The molecule has 0 aromatic carbocycles. The quantitative estimate of drug-likeness (QED) is 0.787. The molecule has 0 radical (unpaired) electrons. The van der Waals surface area contributed by atoms with Crippen LogP contribution >= 0.6 is 11.3 Å². The highest BCUT2D eigenvalue weighted by Gasteiger charge is 2.28. The van der Waals surface area contributed by atoms with E-state index < -0.39 is 0 Å². The zero-order chi connectivity index (χ0) is 14.7. The zero-order valence-electron chi connectivity index (χ0n) is 12.1. The Morgan fingerprint density at radius 2 is 2.43 bits per heavy atom. The molecule has 0 spiro atoms. The standard InChI is InChI=1S/C16H19NO3S/c1-2-19-16(18)13-5-8-20-15(13)10-17-7-3-4-14(17)12-6-9-21-11-12/h5-6,8-9,11,14H,2-4,7,10H2,1H3. The lowest BCUT2D eigenvalue weighted by Gasteiger charge is -2.23. The molecule has 1 aliphatic heterocycles. The molecule has 3 rings (SSSR count). The number of ether oxygens (including phenoxy) is 1. The van der Waals surface area contributed by atoms with Gasteiger partial charge in [-0.1, -0.05) is 0 Å². The van der Waals surface area contributed by atoms with Crippen LogP contribution in [0.5, 0.6) is 0 Å². The minimum Gasteiger partial charge on any atom is -0.467 e. The normalized spacial score (nSPS) is 19.0. The number of rotatable bonds is 5. The molecule has 21 heavy (non-hydrogen) atoms. The van der Waals surface area contributed by atoms with E-state index in [4.69, 9.17) is 9.15 Å². The van der Waals surface area contributed by atoms with Gasteiger partial charge in [0.15, 0.2) is 0 Å². The predicted molar refractivity (Wildman–Crippen MR) is 81.4 cm³/mol. The summed E-state index contributed by atoms with van der Waals surface area (Å²) in [5, 5.41) is 4.32. The second-order valence-electron chi connectivity index (χ2n) is 5.16. The fraction of sp³-hybridized carbons (Fsp3) is 0.438. The third-order valence-electron chi connectivity index (χ3n) is 3.88. The largest absolute Gasteiger partial charge is 0.467 e. The van der Waals surface area contributed by atoms with Crippen LogP contribution in [-0.2, 0) is 11.3 Å². The monoisotopic (exact) mass is 305 g/mol. The molecule has 3 heterocycles. The van der Waals surface area contributed by atoms with Crippen molar-refractivity contribution >= 4 is 17.3 Å². The molecular weight excluding hydrogens is 286 g/mol. The average Bonchev–Trinajstić information content (AvgIpc) is 3.20. The molecule has 1 aliphatic rings. The van der Waals surface area contributed by atoms with Gasteiger partial charge < -0.3 is 9.15 Å². The number of hydrogen-bond acceptors (Lipinski definition) is 5. The molecule has 0 bridgehead atoms. The average molecular weight is 305 g/mol. The van der Waals surface area contributed by atoms with Gasteiger partial charge in [0.25, 0.3) is 0 Å². The van der Waals surface area contributed by atoms with Crippen LogP contribution in [0.3, 0.4) is 0 Å². The number of nitrogens with zero attached hydrogens (tertiary/aromatic N) is 1. The first-order chi connectivity index (χ1) is 10.3. The number of hydrogen-bond donors (Lipinski definition) is 0. The van der Waals surface area contributed by atoms with Crippen LogP contribution in [0.4, 0.5) is 0 Å². The smallest absolute Gasteiger partial charge is 0.341 e. The molecule has 2 aromatic heterocycles. The molecule has 1 saturated heterocycles. The van der Waals surface area contributed by atoms with Gasteiger partial charge in [0.1, 0.15) is 11.3 Å². The van der Waals surface area contributed by atoms with Crippen LogP contribution in [0.25, 0.3) is 0 Å².